The minimum Gasteiger partial charge on any atom is -0.480 e. The minimum atomic E-state index is -3.86. The molecule has 0 aromatic heterocycles. The molecule has 0 spiro atoms. The SMILES string of the molecule is Cc1cc(S(=O)(=O)NC(C)(C(=O)O)C2CC2)ccc1Br. The summed E-state index contributed by atoms with van der Waals surface area (Å²) in [5.41, 5.74) is -0.670. The summed E-state index contributed by atoms with van der Waals surface area (Å²) in [4.78, 5) is 11.5. The van der Waals surface area contributed by atoms with E-state index in [0.717, 1.165) is 22.9 Å². The summed E-state index contributed by atoms with van der Waals surface area (Å²) in [5, 5.41) is 9.32. The molecule has 0 saturated heterocycles. The largest absolute Gasteiger partial charge is 0.480 e. The van der Waals surface area contributed by atoms with Crippen molar-refractivity contribution in [3.8, 4) is 0 Å². The molecule has 1 aromatic carbocycles. The molecular weight excluding hydrogens is 346 g/mol. The summed E-state index contributed by atoms with van der Waals surface area (Å²) < 4.78 is 27.9. The van der Waals surface area contributed by atoms with Gasteiger partial charge < -0.3 is 5.11 Å². The summed E-state index contributed by atoms with van der Waals surface area (Å²) >= 11 is 3.30. The van der Waals surface area contributed by atoms with Crippen LogP contribution in [0.2, 0.25) is 0 Å². The summed E-state index contributed by atoms with van der Waals surface area (Å²) in [6, 6.07) is 4.61. The molecule has 1 unspecified atom stereocenters. The lowest BCUT2D eigenvalue weighted by atomic mass is 9.98. The molecule has 0 heterocycles. The molecule has 0 aliphatic heterocycles. The van der Waals surface area contributed by atoms with Gasteiger partial charge in [-0.3, -0.25) is 4.79 Å². The monoisotopic (exact) mass is 361 g/mol. The number of sulfonamides is 1. The van der Waals surface area contributed by atoms with Crippen LogP contribution in [0.3, 0.4) is 0 Å². The highest BCUT2D eigenvalue weighted by Crippen LogP contribution is 2.40. The molecule has 1 saturated carbocycles. The lowest BCUT2D eigenvalue weighted by Gasteiger charge is -2.25. The first-order valence-corrected chi connectivity index (χ1v) is 8.48. The van der Waals surface area contributed by atoms with Gasteiger partial charge in [-0.2, -0.15) is 4.72 Å². The predicted octanol–water partition coefficient (Wildman–Crippen LogP) is 2.29. The van der Waals surface area contributed by atoms with Crippen molar-refractivity contribution >= 4 is 31.9 Å². The van der Waals surface area contributed by atoms with Gasteiger partial charge in [-0.05, 0) is 56.4 Å². The van der Waals surface area contributed by atoms with E-state index in [9.17, 15) is 18.3 Å². The van der Waals surface area contributed by atoms with Crippen molar-refractivity contribution in [3.05, 3.63) is 28.2 Å². The van der Waals surface area contributed by atoms with Crippen LogP contribution in [0, 0.1) is 12.8 Å². The standard InChI is InChI=1S/C13H16BrNO4S/c1-8-7-10(5-6-11(8)14)20(18,19)15-13(2,12(16)17)9-3-4-9/h5-7,9,15H,3-4H2,1-2H3,(H,16,17). The van der Waals surface area contributed by atoms with Crippen molar-refractivity contribution in [2.45, 2.75) is 37.1 Å². The second-order valence-corrected chi connectivity index (χ2v) is 7.84. The Bertz CT molecular complexity index is 654. The molecule has 2 N–H and O–H groups in total. The van der Waals surface area contributed by atoms with Crippen molar-refractivity contribution in [2.24, 2.45) is 5.92 Å². The first kappa shape index (κ1) is 15.5. The molecular formula is C13H16BrNO4S. The van der Waals surface area contributed by atoms with Crippen LogP contribution in [-0.2, 0) is 14.8 Å². The van der Waals surface area contributed by atoms with E-state index in [0.29, 0.717) is 0 Å². The van der Waals surface area contributed by atoms with E-state index in [1.54, 1.807) is 13.0 Å². The molecule has 1 aromatic rings. The number of carbonyl (C=O) groups is 1. The fourth-order valence-corrected chi connectivity index (χ4v) is 3.84. The molecule has 5 nitrogen and oxygen atoms in total. The van der Waals surface area contributed by atoms with Crippen LogP contribution in [0.5, 0.6) is 0 Å². The highest BCUT2D eigenvalue weighted by Gasteiger charge is 2.50. The minimum absolute atomic E-state index is 0.0753. The van der Waals surface area contributed by atoms with E-state index in [4.69, 9.17) is 0 Å². The van der Waals surface area contributed by atoms with Gasteiger partial charge in [-0.1, -0.05) is 15.9 Å². The van der Waals surface area contributed by atoms with Gasteiger partial charge in [0.05, 0.1) is 4.90 Å². The lowest BCUT2D eigenvalue weighted by molar-refractivity contribution is -0.144. The fourth-order valence-electron chi connectivity index (χ4n) is 2.08. The maximum Gasteiger partial charge on any atom is 0.324 e. The Morgan fingerprint density at radius 2 is 2.05 bits per heavy atom. The van der Waals surface area contributed by atoms with Crippen LogP contribution in [0.25, 0.3) is 0 Å². The molecule has 1 aliphatic carbocycles. The number of carboxylic acid groups (broad SMARTS) is 1. The molecule has 1 fully saturated rings. The fraction of sp³-hybridized carbons (Fsp3) is 0.462. The average molecular weight is 362 g/mol. The molecule has 0 bridgehead atoms. The van der Waals surface area contributed by atoms with Crippen LogP contribution in [0.1, 0.15) is 25.3 Å². The van der Waals surface area contributed by atoms with Crippen LogP contribution in [0.4, 0.5) is 0 Å². The Kier molecular flexibility index (Phi) is 3.96. The van der Waals surface area contributed by atoms with Gasteiger partial charge in [0.1, 0.15) is 5.54 Å². The molecule has 0 radical (unpaired) electrons. The molecule has 110 valence electrons. The summed E-state index contributed by atoms with van der Waals surface area (Å²) in [7, 11) is -3.86. The number of aliphatic carboxylic acids is 1. The molecule has 1 aliphatic rings. The maximum atomic E-state index is 12.4. The number of nitrogens with one attached hydrogen (secondary N) is 1. The van der Waals surface area contributed by atoms with Gasteiger partial charge in [0.15, 0.2) is 0 Å². The van der Waals surface area contributed by atoms with Crippen molar-refractivity contribution in [1.29, 1.82) is 0 Å². The number of benzene rings is 1. The Hall–Kier alpha value is -0.920. The van der Waals surface area contributed by atoms with Gasteiger partial charge in [0, 0.05) is 4.47 Å². The van der Waals surface area contributed by atoms with Crippen LogP contribution in [0.15, 0.2) is 27.6 Å². The number of hydrogen-bond acceptors (Lipinski definition) is 3. The number of aryl methyl sites for hydroxylation is 1. The predicted molar refractivity (Wildman–Crippen MR) is 78.0 cm³/mol. The quantitative estimate of drug-likeness (QED) is 0.842. The molecule has 1 atom stereocenters. The van der Waals surface area contributed by atoms with E-state index >= 15 is 0 Å². The third kappa shape index (κ3) is 2.89. The highest BCUT2D eigenvalue weighted by molar-refractivity contribution is 9.10. The third-order valence-corrected chi connectivity index (χ3v) is 6.08. The lowest BCUT2D eigenvalue weighted by Crippen LogP contribution is -2.53. The zero-order valence-electron chi connectivity index (χ0n) is 11.2. The zero-order chi connectivity index (χ0) is 15.1. The number of halogens is 1. The van der Waals surface area contributed by atoms with Crippen molar-refractivity contribution in [2.75, 3.05) is 0 Å². The van der Waals surface area contributed by atoms with Gasteiger partial charge in [-0.15, -0.1) is 0 Å². The smallest absolute Gasteiger partial charge is 0.324 e. The number of carboxylic acids is 1. The first-order valence-electron chi connectivity index (χ1n) is 6.20. The van der Waals surface area contributed by atoms with Gasteiger partial charge in [-0.25, -0.2) is 8.42 Å². The molecule has 2 rings (SSSR count). The topological polar surface area (TPSA) is 83.5 Å². The van der Waals surface area contributed by atoms with Crippen molar-refractivity contribution in [3.63, 3.8) is 0 Å². The van der Waals surface area contributed by atoms with Gasteiger partial charge >= 0.3 is 5.97 Å². The second-order valence-electron chi connectivity index (χ2n) is 5.30. The third-order valence-electron chi connectivity index (χ3n) is 3.62. The Balaban J connectivity index is 2.35. The zero-order valence-corrected chi connectivity index (χ0v) is 13.6. The van der Waals surface area contributed by atoms with Gasteiger partial charge in [0.25, 0.3) is 0 Å². The van der Waals surface area contributed by atoms with Crippen molar-refractivity contribution < 1.29 is 18.3 Å². The van der Waals surface area contributed by atoms with Crippen LogP contribution in [-0.4, -0.2) is 25.0 Å². The second kappa shape index (κ2) is 5.13. The summed E-state index contributed by atoms with van der Waals surface area (Å²) in [6.07, 6.45) is 1.45. The van der Waals surface area contributed by atoms with Crippen LogP contribution >= 0.6 is 15.9 Å². The molecule has 20 heavy (non-hydrogen) atoms. The Morgan fingerprint density at radius 1 is 1.45 bits per heavy atom. The first-order chi connectivity index (χ1) is 9.17. The normalized spacial score (nSPS) is 18.6. The highest BCUT2D eigenvalue weighted by atomic mass is 79.9. The van der Waals surface area contributed by atoms with E-state index in [2.05, 4.69) is 20.7 Å². The van der Waals surface area contributed by atoms with E-state index in [1.165, 1.54) is 19.1 Å². The Labute approximate surface area is 126 Å². The Morgan fingerprint density at radius 3 is 2.50 bits per heavy atom. The molecule has 7 heteroatoms. The van der Waals surface area contributed by atoms with Crippen LogP contribution < -0.4 is 4.72 Å². The van der Waals surface area contributed by atoms with E-state index in [1.807, 2.05) is 0 Å². The number of hydrogen-bond donors (Lipinski definition) is 2. The number of rotatable bonds is 5. The van der Waals surface area contributed by atoms with Crippen molar-refractivity contribution in [1.82, 2.24) is 4.72 Å². The maximum absolute atomic E-state index is 12.4. The van der Waals surface area contributed by atoms with E-state index < -0.39 is 21.5 Å². The van der Waals surface area contributed by atoms with E-state index in [-0.39, 0.29) is 10.8 Å². The van der Waals surface area contributed by atoms with Gasteiger partial charge in [0.2, 0.25) is 10.0 Å². The molecule has 0 amide bonds. The summed E-state index contributed by atoms with van der Waals surface area (Å²) in [6.45, 7) is 3.21. The summed E-state index contributed by atoms with van der Waals surface area (Å²) in [5.74, 6) is -1.29. The average Bonchev–Trinajstić information content (AvgIpc) is 3.15.